The maximum Gasteiger partial charge on any atom is 0.264 e. The first kappa shape index (κ1) is 16.7. The van der Waals surface area contributed by atoms with Gasteiger partial charge in [-0.15, -0.1) is 0 Å². The molecule has 2 bridgehead atoms. The van der Waals surface area contributed by atoms with Crippen molar-refractivity contribution in [2.75, 3.05) is 0 Å². The van der Waals surface area contributed by atoms with Crippen LogP contribution in [0.3, 0.4) is 0 Å². The van der Waals surface area contributed by atoms with Crippen molar-refractivity contribution in [2.24, 2.45) is 5.92 Å². The molecule has 1 aliphatic heterocycles. The summed E-state index contributed by atoms with van der Waals surface area (Å²) in [5.41, 5.74) is 0. The minimum atomic E-state index is -3.64. The molecule has 0 spiro atoms. The Morgan fingerprint density at radius 2 is 1.82 bits per heavy atom. The fourth-order valence-corrected chi connectivity index (χ4v) is 4.45. The Morgan fingerprint density at radius 3 is 2.50 bits per heavy atom. The van der Waals surface area contributed by atoms with Crippen molar-refractivity contribution in [3.63, 3.8) is 0 Å². The van der Waals surface area contributed by atoms with Crippen molar-refractivity contribution in [3.05, 3.63) is 42.6 Å². The molecule has 120 valence electrons. The summed E-state index contributed by atoms with van der Waals surface area (Å²) < 4.78 is 26.6. The van der Waals surface area contributed by atoms with Crippen molar-refractivity contribution in [2.45, 2.75) is 50.5 Å². The van der Waals surface area contributed by atoms with E-state index in [1.807, 2.05) is 19.9 Å². The number of benzene rings is 1. The molecule has 2 aliphatic rings. The lowest BCUT2D eigenvalue weighted by molar-refractivity contribution is -0.122. The Labute approximate surface area is 132 Å². The van der Waals surface area contributed by atoms with Crippen LogP contribution in [0, 0.1) is 5.92 Å². The van der Waals surface area contributed by atoms with Gasteiger partial charge in [0.25, 0.3) is 10.0 Å². The third-order valence-electron chi connectivity index (χ3n) is 4.03. The van der Waals surface area contributed by atoms with Crippen LogP contribution in [0.1, 0.15) is 39.5 Å². The van der Waals surface area contributed by atoms with Crippen LogP contribution in [0.15, 0.2) is 47.5 Å². The highest BCUT2D eigenvalue weighted by atomic mass is 32.2. The summed E-state index contributed by atoms with van der Waals surface area (Å²) in [5.74, 6) is 0.366. The van der Waals surface area contributed by atoms with E-state index in [0.717, 1.165) is 12.8 Å². The highest BCUT2D eigenvalue weighted by Gasteiger charge is 2.38. The molecule has 2 atom stereocenters. The number of sulfonamides is 1. The molecule has 1 aromatic carbocycles. The second-order valence-corrected chi connectivity index (χ2v) is 7.20. The lowest BCUT2D eigenvalue weighted by atomic mass is 9.95. The first-order chi connectivity index (χ1) is 10.6. The normalized spacial score (nSPS) is 24.3. The fourth-order valence-electron chi connectivity index (χ4n) is 2.93. The average molecular weight is 321 g/mol. The minimum Gasteiger partial charge on any atom is -0.297 e. The van der Waals surface area contributed by atoms with Crippen LogP contribution in [0.25, 0.3) is 0 Å². The van der Waals surface area contributed by atoms with Gasteiger partial charge in [0, 0.05) is 12.6 Å². The number of carbonyl (C=O) groups excluding carboxylic acids is 1. The molecule has 22 heavy (non-hydrogen) atoms. The Kier molecular flexibility index (Phi) is 5.40. The van der Waals surface area contributed by atoms with Gasteiger partial charge in [-0.2, -0.15) is 0 Å². The molecule has 1 fully saturated rings. The highest BCUT2D eigenvalue weighted by molar-refractivity contribution is 7.89. The van der Waals surface area contributed by atoms with Crippen LogP contribution in [0.5, 0.6) is 0 Å². The van der Waals surface area contributed by atoms with E-state index in [9.17, 15) is 13.2 Å². The monoisotopic (exact) mass is 321 g/mol. The number of rotatable bonds is 2. The number of fused-ring (bicyclic) bond motifs is 2. The van der Waals surface area contributed by atoms with Gasteiger partial charge >= 0.3 is 0 Å². The van der Waals surface area contributed by atoms with Crippen molar-refractivity contribution in [1.82, 2.24) is 4.31 Å². The minimum absolute atomic E-state index is 0.0383. The lowest BCUT2D eigenvalue weighted by Crippen LogP contribution is -2.43. The van der Waals surface area contributed by atoms with Gasteiger partial charge < -0.3 is 0 Å². The number of hydrogen-bond acceptors (Lipinski definition) is 3. The second-order valence-electron chi connectivity index (χ2n) is 5.36. The van der Waals surface area contributed by atoms with Gasteiger partial charge in [0.1, 0.15) is 6.04 Å². The summed E-state index contributed by atoms with van der Waals surface area (Å²) in [7, 11) is -3.64. The van der Waals surface area contributed by atoms with Crippen LogP contribution >= 0.6 is 0 Å². The molecule has 0 amide bonds. The third-order valence-corrected chi connectivity index (χ3v) is 5.83. The van der Waals surface area contributed by atoms with Crippen LogP contribution in [-0.4, -0.2) is 24.5 Å². The Balaban J connectivity index is 0.000000847. The Morgan fingerprint density at radius 1 is 1.14 bits per heavy atom. The largest absolute Gasteiger partial charge is 0.297 e. The maximum absolute atomic E-state index is 12.7. The van der Waals surface area contributed by atoms with Gasteiger partial charge in [-0.1, -0.05) is 38.1 Å². The molecular formula is C17H23NO3S. The Bertz CT molecular complexity index is 637. The van der Waals surface area contributed by atoms with E-state index in [1.165, 1.54) is 4.31 Å². The molecule has 2 unspecified atom stereocenters. The number of allylic oxidation sites excluding steroid dienone is 1. The van der Waals surface area contributed by atoms with Crippen LogP contribution in [0.4, 0.5) is 0 Å². The number of Topliss-reactive ketones (excluding diaryl/α,β-unsaturated/α-hetero) is 1. The molecule has 0 radical (unpaired) electrons. The zero-order chi connectivity index (χ0) is 16.2. The van der Waals surface area contributed by atoms with Gasteiger partial charge in [0.2, 0.25) is 0 Å². The van der Waals surface area contributed by atoms with Crippen LogP contribution < -0.4 is 0 Å². The van der Waals surface area contributed by atoms with Gasteiger partial charge in [-0.25, -0.2) is 8.42 Å². The number of carbonyl (C=O) groups is 1. The SMILES string of the molecule is CC.O=C1CCCC2C=CN(S(=O)(=O)c3ccccc3)C1C2. The van der Waals surface area contributed by atoms with Gasteiger partial charge in [0.05, 0.1) is 4.90 Å². The first-order valence-corrected chi connectivity index (χ1v) is 9.32. The fraction of sp³-hybridized carbons (Fsp3) is 0.471. The van der Waals surface area contributed by atoms with Crippen LogP contribution in [-0.2, 0) is 14.8 Å². The summed E-state index contributed by atoms with van der Waals surface area (Å²) in [6.07, 6.45) is 6.42. The van der Waals surface area contributed by atoms with E-state index >= 15 is 0 Å². The third kappa shape index (κ3) is 3.24. The van der Waals surface area contributed by atoms with Crippen molar-refractivity contribution < 1.29 is 13.2 Å². The van der Waals surface area contributed by atoms with Crippen LogP contribution in [0.2, 0.25) is 0 Å². The molecule has 3 rings (SSSR count). The topological polar surface area (TPSA) is 54.5 Å². The summed E-state index contributed by atoms with van der Waals surface area (Å²) >= 11 is 0. The predicted molar refractivity (Wildman–Crippen MR) is 86.7 cm³/mol. The van der Waals surface area contributed by atoms with E-state index in [4.69, 9.17) is 0 Å². The maximum atomic E-state index is 12.7. The molecule has 4 nitrogen and oxygen atoms in total. The van der Waals surface area contributed by atoms with Gasteiger partial charge in [0.15, 0.2) is 5.78 Å². The average Bonchev–Trinajstić information content (AvgIpc) is 2.69. The molecule has 5 heteroatoms. The van der Waals surface area contributed by atoms with Gasteiger partial charge in [-0.3, -0.25) is 9.10 Å². The Hall–Kier alpha value is -1.62. The van der Waals surface area contributed by atoms with Crippen molar-refractivity contribution in [1.29, 1.82) is 0 Å². The van der Waals surface area contributed by atoms with E-state index in [1.54, 1.807) is 36.5 Å². The zero-order valence-electron chi connectivity index (χ0n) is 13.1. The number of hydrogen-bond donors (Lipinski definition) is 0. The molecular weight excluding hydrogens is 298 g/mol. The van der Waals surface area contributed by atoms with E-state index in [2.05, 4.69) is 0 Å². The van der Waals surface area contributed by atoms with Crippen molar-refractivity contribution in [3.8, 4) is 0 Å². The summed E-state index contributed by atoms with van der Waals surface area (Å²) in [6, 6.07) is 7.76. The number of nitrogens with zero attached hydrogens (tertiary/aromatic N) is 1. The summed E-state index contributed by atoms with van der Waals surface area (Å²) in [5, 5.41) is 0. The summed E-state index contributed by atoms with van der Waals surface area (Å²) in [6.45, 7) is 4.00. The highest BCUT2D eigenvalue weighted by Crippen LogP contribution is 2.33. The zero-order valence-corrected chi connectivity index (χ0v) is 13.9. The molecule has 1 heterocycles. The molecule has 1 aromatic rings. The van der Waals surface area contributed by atoms with Gasteiger partial charge in [-0.05, 0) is 37.3 Å². The molecule has 0 N–H and O–H groups in total. The molecule has 0 aromatic heterocycles. The predicted octanol–water partition coefficient (Wildman–Crippen LogP) is 3.36. The van der Waals surface area contributed by atoms with E-state index in [0.29, 0.717) is 18.8 Å². The lowest BCUT2D eigenvalue weighted by Gasteiger charge is -2.32. The van der Waals surface area contributed by atoms with E-state index in [-0.39, 0.29) is 10.7 Å². The van der Waals surface area contributed by atoms with E-state index < -0.39 is 16.1 Å². The quantitative estimate of drug-likeness (QED) is 0.839. The molecule has 0 saturated heterocycles. The number of ketones is 1. The smallest absolute Gasteiger partial charge is 0.264 e. The molecule has 1 saturated carbocycles. The summed E-state index contributed by atoms with van der Waals surface area (Å²) in [4.78, 5) is 12.4. The standard InChI is InChI=1S/C15H17NO3S.C2H6/c17-15-8-4-5-12-9-10-16(14(15)11-12)20(18,19)13-6-2-1-3-7-13;1-2/h1-3,6-7,9-10,12,14H,4-5,8,11H2;1-2H3. The molecule has 1 aliphatic carbocycles. The van der Waals surface area contributed by atoms with Crippen molar-refractivity contribution >= 4 is 15.8 Å². The first-order valence-electron chi connectivity index (χ1n) is 7.88. The second kappa shape index (κ2) is 7.09.